The lowest BCUT2D eigenvalue weighted by molar-refractivity contribution is 0.122. The van der Waals surface area contributed by atoms with E-state index in [-0.39, 0.29) is 6.61 Å². The zero-order valence-electron chi connectivity index (χ0n) is 6.70. The van der Waals surface area contributed by atoms with Gasteiger partial charge < -0.3 is 9.84 Å². The van der Waals surface area contributed by atoms with Crippen molar-refractivity contribution in [1.29, 1.82) is 0 Å². The lowest BCUT2D eigenvalue weighted by atomic mass is 10.4. The van der Waals surface area contributed by atoms with Crippen LogP contribution >= 0.6 is 11.6 Å². The number of hydrogen-bond donors (Lipinski definition) is 1. The first-order valence-electron chi connectivity index (χ1n) is 3.60. The molecular formula is C8H10ClNO2. The molecule has 12 heavy (non-hydrogen) atoms. The number of ether oxygens (including phenoxy) is 1. The minimum Gasteiger partial charge on any atom is -0.489 e. The molecule has 4 heteroatoms. The van der Waals surface area contributed by atoms with Crippen LogP contribution in [0.4, 0.5) is 0 Å². The molecular weight excluding hydrogens is 178 g/mol. The third kappa shape index (κ3) is 3.07. The topological polar surface area (TPSA) is 42.4 Å². The molecule has 1 heterocycles. The van der Waals surface area contributed by atoms with Crippen LogP contribution in [0.2, 0.25) is 5.02 Å². The Bertz CT molecular complexity index is 253. The summed E-state index contributed by atoms with van der Waals surface area (Å²) in [6.07, 6.45) is 2.59. The Morgan fingerprint density at radius 3 is 3.00 bits per heavy atom. The molecule has 1 aromatic rings. The predicted octanol–water partition coefficient (Wildman–Crippen LogP) is 1.49. The second kappa shape index (κ2) is 4.28. The van der Waals surface area contributed by atoms with E-state index in [1.54, 1.807) is 19.2 Å². The summed E-state index contributed by atoms with van der Waals surface area (Å²) < 4.78 is 5.15. The number of nitrogens with zero attached hydrogens (tertiary/aromatic N) is 1. The number of halogens is 1. The molecule has 1 N–H and O–H groups in total. The highest BCUT2D eigenvalue weighted by Gasteiger charge is 1.98. The van der Waals surface area contributed by atoms with Crippen molar-refractivity contribution in [3.8, 4) is 5.75 Å². The maximum absolute atomic E-state index is 8.90. The fraction of sp³-hybridized carbons (Fsp3) is 0.375. The molecule has 66 valence electrons. The summed E-state index contributed by atoms with van der Waals surface area (Å²) in [6.45, 7) is 1.90. The number of pyridine rings is 1. The Hall–Kier alpha value is -0.800. The van der Waals surface area contributed by atoms with Crippen molar-refractivity contribution in [2.45, 2.75) is 13.0 Å². The Morgan fingerprint density at radius 1 is 1.67 bits per heavy atom. The summed E-state index contributed by atoms with van der Waals surface area (Å²) in [6, 6.07) is 1.65. The summed E-state index contributed by atoms with van der Waals surface area (Å²) in [5.74, 6) is 0.573. The second-order valence-electron chi connectivity index (χ2n) is 2.50. The normalized spacial score (nSPS) is 12.6. The Balaban J connectivity index is 2.52. The summed E-state index contributed by atoms with van der Waals surface area (Å²) in [5.41, 5.74) is 0. The van der Waals surface area contributed by atoms with E-state index in [4.69, 9.17) is 21.4 Å². The first-order valence-corrected chi connectivity index (χ1v) is 3.97. The maximum Gasteiger partial charge on any atom is 0.139 e. The molecule has 0 fully saturated rings. The number of rotatable bonds is 3. The van der Waals surface area contributed by atoms with Gasteiger partial charge in [-0.2, -0.15) is 0 Å². The van der Waals surface area contributed by atoms with Crippen LogP contribution in [0.1, 0.15) is 6.92 Å². The van der Waals surface area contributed by atoms with E-state index in [1.165, 1.54) is 6.20 Å². The second-order valence-corrected chi connectivity index (χ2v) is 2.94. The largest absolute Gasteiger partial charge is 0.489 e. The summed E-state index contributed by atoms with van der Waals surface area (Å²) in [7, 11) is 0. The van der Waals surface area contributed by atoms with Gasteiger partial charge in [-0.15, -0.1) is 0 Å². The fourth-order valence-corrected chi connectivity index (χ4v) is 0.852. The van der Waals surface area contributed by atoms with E-state index >= 15 is 0 Å². The molecule has 0 bridgehead atoms. The van der Waals surface area contributed by atoms with Crippen LogP contribution in [0.15, 0.2) is 18.5 Å². The van der Waals surface area contributed by atoms with Crippen LogP contribution in [0.5, 0.6) is 5.75 Å². The van der Waals surface area contributed by atoms with Gasteiger partial charge in [-0.25, -0.2) is 0 Å². The minimum atomic E-state index is -0.482. The van der Waals surface area contributed by atoms with E-state index in [2.05, 4.69) is 4.98 Å². The van der Waals surface area contributed by atoms with Gasteiger partial charge in [-0.05, 0) is 6.92 Å². The van der Waals surface area contributed by atoms with Crippen molar-refractivity contribution in [1.82, 2.24) is 4.98 Å². The Kier molecular flexibility index (Phi) is 3.31. The standard InChI is InChI=1S/C8H10ClNO2/c1-6(11)5-12-8-2-7(9)3-10-4-8/h2-4,6,11H,5H2,1H3/t6-/m0/s1. The lowest BCUT2D eigenvalue weighted by Crippen LogP contribution is -2.12. The molecule has 1 atom stereocenters. The van der Waals surface area contributed by atoms with Crippen LogP contribution in [0.3, 0.4) is 0 Å². The van der Waals surface area contributed by atoms with E-state index in [9.17, 15) is 0 Å². The molecule has 0 aromatic carbocycles. The molecule has 0 aliphatic rings. The smallest absolute Gasteiger partial charge is 0.139 e. The van der Waals surface area contributed by atoms with Gasteiger partial charge in [0.05, 0.1) is 17.3 Å². The zero-order chi connectivity index (χ0) is 8.97. The van der Waals surface area contributed by atoms with Crippen LogP contribution < -0.4 is 4.74 Å². The molecule has 1 aromatic heterocycles. The predicted molar refractivity (Wildman–Crippen MR) is 46.4 cm³/mol. The molecule has 0 unspecified atom stereocenters. The van der Waals surface area contributed by atoms with Crippen LogP contribution in [-0.2, 0) is 0 Å². The van der Waals surface area contributed by atoms with Crippen LogP contribution in [-0.4, -0.2) is 22.8 Å². The maximum atomic E-state index is 8.90. The summed E-state index contributed by atoms with van der Waals surface area (Å²) in [5, 5.41) is 9.43. The molecule has 0 aliphatic heterocycles. The van der Waals surface area contributed by atoms with E-state index in [0.717, 1.165) is 0 Å². The zero-order valence-corrected chi connectivity index (χ0v) is 7.45. The molecule has 3 nitrogen and oxygen atoms in total. The number of hydrogen-bond acceptors (Lipinski definition) is 3. The van der Waals surface area contributed by atoms with Gasteiger partial charge >= 0.3 is 0 Å². The highest BCUT2D eigenvalue weighted by Crippen LogP contribution is 2.14. The first-order chi connectivity index (χ1) is 5.68. The average Bonchev–Trinajstić information content (AvgIpc) is 2.01. The van der Waals surface area contributed by atoms with Crippen molar-refractivity contribution in [2.24, 2.45) is 0 Å². The van der Waals surface area contributed by atoms with E-state index in [1.807, 2.05) is 0 Å². The van der Waals surface area contributed by atoms with Crippen molar-refractivity contribution in [2.75, 3.05) is 6.61 Å². The number of aliphatic hydroxyl groups excluding tert-OH is 1. The van der Waals surface area contributed by atoms with Gasteiger partial charge in [-0.1, -0.05) is 11.6 Å². The van der Waals surface area contributed by atoms with Crippen molar-refractivity contribution >= 4 is 11.6 Å². The van der Waals surface area contributed by atoms with Gasteiger partial charge in [0.1, 0.15) is 12.4 Å². The van der Waals surface area contributed by atoms with Crippen LogP contribution in [0, 0.1) is 0 Å². The number of aliphatic hydroxyl groups is 1. The first kappa shape index (κ1) is 9.29. The van der Waals surface area contributed by atoms with E-state index < -0.39 is 6.10 Å². The molecule has 0 amide bonds. The van der Waals surface area contributed by atoms with Gasteiger partial charge in [0, 0.05) is 12.3 Å². The van der Waals surface area contributed by atoms with Crippen molar-refractivity contribution < 1.29 is 9.84 Å². The molecule has 0 spiro atoms. The van der Waals surface area contributed by atoms with Crippen molar-refractivity contribution in [3.63, 3.8) is 0 Å². The quantitative estimate of drug-likeness (QED) is 0.780. The molecule has 0 saturated carbocycles. The highest BCUT2D eigenvalue weighted by atomic mass is 35.5. The fourth-order valence-electron chi connectivity index (χ4n) is 0.688. The minimum absolute atomic E-state index is 0.252. The van der Waals surface area contributed by atoms with Gasteiger partial charge in [0.2, 0.25) is 0 Å². The third-order valence-electron chi connectivity index (χ3n) is 1.17. The molecule has 0 saturated heterocycles. The summed E-state index contributed by atoms with van der Waals surface area (Å²) in [4.78, 5) is 3.82. The third-order valence-corrected chi connectivity index (χ3v) is 1.38. The molecule has 1 rings (SSSR count). The monoisotopic (exact) mass is 187 g/mol. The van der Waals surface area contributed by atoms with Gasteiger partial charge in [-0.3, -0.25) is 4.98 Å². The SMILES string of the molecule is C[C@H](O)COc1cncc(Cl)c1. The Labute approximate surface area is 76.0 Å². The summed E-state index contributed by atoms with van der Waals surface area (Å²) >= 11 is 5.66. The average molecular weight is 188 g/mol. The van der Waals surface area contributed by atoms with E-state index in [0.29, 0.717) is 10.8 Å². The highest BCUT2D eigenvalue weighted by molar-refractivity contribution is 6.30. The Morgan fingerprint density at radius 2 is 2.42 bits per heavy atom. The van der Waals surface area contributed by atoms with Crippen molar-refractivity contribution in [3.05, 3.63) is 23.5 Å². The van der Waals surface area contributed by atoms with Gasteiger partial charge in [0.15, 0.2) is 0 Å². The molecule has 0 radical (unpaired) electrons. The lowest BCUT2D eigenvalue weighted by Gasteiger charge is -2.06. The van der Waals surface area contributed by atoms with Crippen LogP contribution in [0.25, 0.3) is 0 Å². The van der Waals surface area contributed by atoms with Gasteiger partial charge in [0.25, 0.3) is 0 Å². The number of aromatic nitrogens is 1. The molecule has 0 aliphatic carbocycles.